The van der Waals surface area contributed by atoms with Crippen LogP contribution in [0.15, 0.2) is 53.3 Å². The zero-order valence-electron chi connectivity index (χ0n) is 29.6. The maximum atomic E-state index is 16.5. The van der Waals surface area contributed by atoms with E-state index in [-0.39, 0.29) is 34.3 Å². The Labute approximate surface area is 295 Å². The minimum Gasteiger partial charge on any atom is -0.492 e. The van der Waals surface area contributed by atoms with Gasteiger partial charge < -0.3 is 29.0 Å². The van der Waals surface area contributed by atoms with E-state index in [2.05, 4.69) is 5.32 Å². The lowest BCUT2D eigenvalue weighted by atomic mass is 9.84. The number of hydrogen-bond acceptors (Lipinski definition) is 8. The highest BCUT2D eigenvalue weighted by molar-refractivity contribution is 6.00. The molecular formula is C40H43F2N3O6. The first-order valence-corrected chi connectivity index (χ1v) is 17.6. The summed E-state index contributed by atoms with van der Waals surface area (Å²) < 4.78 is 50.2. The third kappa shape index (κ3) is 6.05. The van der Waals surface area contributed by atoms with Gasteiger partial charge in [-0.05, 0) is 83.0 Å². The molecule has 3 fully saturated rings. The van der Waals surface area contributed by atoms with Crippen LogP contribution in [0.25, 0.3) is 22.0 Å². The van der Waals surface area contributed by atoms with Gasteiger partial charge in [-0.1, -0.05) is 42.5 Å². The summed E-state index contributed by atoms with van der Waals surface area (Å²) in [5.41, 5.74) is 0.575. The van der Waals surface area contributed by atoms with Crippen molar-refractivity contribution in [3.05, 3.63) is 92.8 Å². The van der Waals surface area contributed by atoms with E-state index in [9.17, 15) is 14.4 Å². The van der Waals surface area contributed by atoms with Crippen LogP contribution < -0.4 is 20.4 Å². The van der Waals surface area contributed by atoms with E-state index in [0.717, 1.165) is 32.2 Å². The summed E-state index contributed by atoms with van der Waals surface area (Å²) in [4.78, 5) is 43.0. The molecule has 2 saturated heterocycles. The van der Waals surface area contributed by atoms with Gasteiger partial charge in [0.1, 0.15) is 17.1 Å². The van der Waals surface area contributed by atoms with E-state index >= 15 is 8.78 Å². The minimum atomic E-state index is -1.29. The van der Waals surface area contributed by atoms with Crippen LogP contribution in [0.5, 0.6) is 5.75 Å². The molecule has 0 amide bonds. The number of halogens is 2. The zero-order valence-corrected chi connectivity index (χ0v) is 29.6. The van der Waals surface area contributed by atoms with Gasteiger partial charge in [-0.15, -0.1) is 0 Å². The lowest BCUT2D eigenvalue weighted by Crippen LogP contribution is -2.40. The molecule has 3 aliphatic rings. The number of nitrogens with one attached hydrogen (secondary N) is 1. The van der Waals surface area contributed by atoms with Crippen LogP contribution in [0.2, 0.25) is 0 Å². The number of benzene rings is 3. The molecule has 7 rings (SSSR count). The Bertz CT molecular complexity index is 2080. The van der Waals surface area contributed by atoms with Gasteiger partial charge in [-0.3, -0.25) is 9.59 Å². The van der Waals surface area contributed by atoms with Gasteiger partial charge in [-0.25, -0.2) is 13.6 Å². The van der Waals surface area contributed by atoms with Crippen molar-refractivity contribution >= 4 is 28.5 Å². The van der Waals surface area contributed by atoms with Crippen molar-refractivity contribution < 1.29 is 32.6 Å². The molecule has 3 heterocycles. The Morgan fingerprint density at radius 3 is 2.41 bits per heavy atom. The van der Waals surface area contributed by atoms with Crippen molar-refractivity contribution in [2.45, 2.75) is 70.9 Å². The molecule has 2 atom stereocenters. The van der Waals surface area contributed by atoms with Crippen LogP contribution in [0.3, 0.4) is 0 Å². The van der Waals surface area contributed by atoms with Crippen LogP contribution in [0.4, 0.5) is 14.5 Å². The molecule has 0 bridgehead atoms. The lowest BCUT2D eigenvalue weighted by Gasteiger charge is -2.27. The van der Waals surface area contributed by atoms with Crippen molar-refractivity contribution in [1.82, 2.24) is 9.88 Å². The summed E-state index contributed by atoms with van der Waals surface area (Å²) in [6.45, 7) is 7.87. The van der Waals surface area contributed by atoms with Crippen LogP contribution in [0.1, 0.15) is 72.8 Å². The van der Waals surface area contributed by atoms with Crippen molar-refractivity contribution in [3.63, 3.8) is 0 Å². The van der Waals surface area contributed by atoms with Gasteiger partial charge in [0, 0.05) is 42.0 Å². The van der Waals surface area contributed by atoms with Gasteiger partial charge in [0.2, 0.25) is 12.2 Å². The number of carbonyl (C=O) groups excluding carboxylic acids is 2. The highest BCUT2D eigenvalue weighted by atomic mass is 19.1. The Morgan fingerprint density at radius 1 is 1.00 bits per heavy atom. The fourth-order valence-electron chi connectivity index (χ4n) is 7.87. The quantitative estimate of drug-likeness (QED) is 0.152. The average Bonchev–Trinajstić information content (AvgIpc) is 3.86. The molecule has 1 saturated carbocycles. The zero-order chi connectivity index (χ0) is 36.2. The summed E-state index contributed by atoms with van der Waals surface area (Å²) >= 11 is 0. The van der Waals surface area contributed by atoms with Crippen molar-refractivity contribution in [3.8, 4) is 16.9 Å². The van der Waals surface area contributed by atoms with Gasteiger partial charge >= 0.3 is 11.9 Å². The first-order chi connectivity index (χ1) is 24.4. The summed E-state index contributed by atoms with van der Waals surface area (Å²) in [5, 5.41) is 3.62. The maximum absolute atomic E-state index is 16.5. The number of anilines is 1. The number of methoxy groups -OCH3 is 1. The molecule has 3 aromatic carbocycles. The molecule has 0 radical (unpaired) electrons. The fraction of sp³-hybridized carbons (Fsp3) is 0.425. The number of aryl methyl sites for hydroxylation is 1. The lowest BCUT2D eigenvalue weighted by molar-refractivity contribution is -0.158. The number of fused-ring (bicyclic) bond motifs is 2. The normalized spacial score (nSPS) is 18.8. The van der Waals surface area contributed by atoms with E-state index in [4.69, 9.17) is 14.2 Å². The molecule has 51 heavy (non-hydrogen) atoms. The van der Waals surface area contributed by atoms with Gasteiger partial charge in [0.25, 0.3) is 0 Å². The molecule has 1 N–H and O–H groups in total. The molecule has 4 aromatic rings. The van der Waals surface area contributed by atoms with Gasteiger partial charge in [0.15, 0.2) is 11.6 Å². The Balaban J connectivity index is 1.16. The SMILES string of the molecule is COc1c(N2CC3CCCNC3C2)c(F)c(C)c2c(=O)c(C(=O)OCOC(=O)C(C)(C)c3ccc(-c4ccccc4)c(F)c3)c(C)n(C3CC3)c12. The number of esters is 2. The molecule has 11 heteroatoms. The highest BCUT2D eigenvalue weighted by Crippen LogP contribution is 2.47. The number of hydrogen-bond donors (Lipinski definition) is 1. The van der Waals surface area contributed by atoms with Gasteiger partial charge in [-0.2, -0.15) is 0 Å². The van der Waals surface area contributed by atoms with E-state index in [1.54, 1.807) is 52.0 Å². The van der Waals surface area contributed by atoms with E-state index < -0.39 is 41.2 Å². The molecule has 1 aliphatic carbocycles. The molecular weight excluding hydrogens is 656 g/mol. The number of ether oxygens (including phenoxy) is 3. The number of piperidine rings is 1. The van der Waals surface area contributed by atoms with Crippen molar-refractivity contribution in [1.29, 1.82) is 0 Å². The number of aromatic nitrogens is 1. The van der Waals surface area contributed by atoms with Crippen molar-refractivity contribution in [2.24, 2.45) is 5.92 Å². The second-order valence-corrected chi connectivity index (χ2v) is 14.5. The molecule has 268 valence electrons. The predicted molar refractivity (Wildman–Crippen MR) is 190 cm³/mol. The largest absolute Gasteiger partial charge is 0.492 e. The number of carbonyl (C=O) groups is 2. The number of pyridine rings is 1. The Hall–Kier alpha value is -4.77. The Morgan fingerprint density at radius 2 is 1.75 bits per heavy atom. The number of nitrogens with zero attached hydrogens (tertiary/aromatic N) is 2. The Kier molecular flexibility index (Phi) is 9.12. The van der Waals surface area contributed by atoms with E-state index in [1.165, 1.54) is 13.2 Å². The molecule has 0 spiro atoms. The molecule has 2 aliphatic heterocycles. The highest BCUT2D eigenvalue weighted by Gasteiger charge is 2.40. The fourth-order valence-corrected chi connectivity index (χ4v) is 7.87. The molecule has 1 aromatic heterocycles. The molecule has 2 unspecified atom stereocenters. The van der Waals surface area contributed by atoms with Crippen molar-refractivity contribution in [2.75, 3.05) is 38.4 Å². The van der Waals surface area contributed by atoms with Crippen LogP contribution >= 0.6 is 0 Å². The van der Waals surface area contributed by atoms with Gasteiger partial charge in [0.05, 0.1) is 23.4 Å². The predicted octanol–water partition coefficient (Wildman–Crippen LogP) is 6.73. The summed E-state index contributed by atoms with van der Waals surface area (Å²) in [6, 6.07) is 13.9. The van der Waals surface area contributed by atoms with Crippen LogP contribution in [-0.4, -0.2) is 56.1 Å². The first-order valence-electron chi connectivity index (χ1n) is 17.6. The van der Waals surface area contributed by atoms with Crippen LogP contribution in [-0.2, 0) is 19.7 Å². The summed E-state index contributed by atoms with van der Waals surface area (Å²) in [6.07, 6.45) is 3.78. The first kappa shape index (κ1) is 34.7. The summed E-state index contributed by atoms with van der Waals surface area (Å²) in [7, 11) is 1.48. The smallest absolute Gasteiger partial charge is 0.346 e. The second kappa shape index (κ2) is 13.4. The second-order valence-electron chi connectivity index (χ2n) is 14.5. The monoisotopic (exact) mass is 699 g/mol. The topological polar surface area (TPSA) is 99.1 Å². The minimum absolute atomic E-state index is 0.0126. The maximum Gasteiger partial charge on any atom is 0.346 e. The number of rotatable bonds is 9. The third-order valence-electron chi connectivity index (χ3n) is 10.9. The molecule has 9 nitrogen and oxygen atoms in total. The van der Waals surface area contributed by atoms with Crippen LogP contribution in [0, 0.1) is 31.4 Å². The van der Waals surface area contributed by atoms with E-state index in [0.29, 0.717) is 52.6 Å². The average molecular weight is 700 g/mol. The third-order valence-corrected chi connectivity index (χ3v) is 10.9. The summed E-state index contributed by atoms with van der Waals surface area (Å²) in [5.74, 6) is -2.11. The van der Waals surface area contributed by atoms with E-state index in [1.807, 2.05) is 27.7 Å². The standard InChI is InChI=1S/C40H43F2N3O6/c1-22-31-34(37(49-5)35(33(22)42)44-19-25-12-9-17-43-30(25)20-44)45(27-14-15-27)23(2)32(36(31)46)38(47)50-21-51-39(48)40(3,4)26-13-16-28(29(41)18-26)24-10-7-6-8-11-24/h6-8,10-11,13,16,18,25,27,30,43H,9,12,14-15,17,19-21H2,1-5H3.